The zero-order valence-corrected chi connectivity index (χ0v) is 30.3. The summed E-state index contributed by atoms with van der Waals surface area (Å²) in [5.74, 6) is -3.78. The van der Waals surface area contributed by atoms with Crippen molar-refractivity contribution in [1.82, 2.24) is 44.6 Å². The third-order valence-electron chi connectivity index (χ3n) is 9.07. The van der Waals surface area contributed by atoms with Crippen molar-refractivity contribution in [3.8, 4) is 22.6 Å². The van der Waals surface area contributed by atoms with E-state index in [1.807, 2.05) is 17.0 Å². The second kappa shape index (κ2) is 16.5. The van der Waals surface area contributed by atoms with E-state index in [0.29, 0.717) is 26.2 Å². The Kier molecular flexibility index (Phi) is 12.2. The lowest BCUT2D eigenvalue weighted by Gasteiger charge is -2.38. The van der Waals surface area contributed by atoms with Crippen LogP contribution in [0.1, 0.15) is 39.5 Å². The fourth-order valence-corrected chi connectivity index (χ4v) is 6.33. The Morgan fingerprint density at radius 1 is 0.929 bits per heavy atom. The second-order valence-electron chi connectivity index (χ2n) is 12.8. The van der Waals surface area contributed by atoms with E-state index in [1.54, 1.807) is 4.90 Å². The highest BCUT2D eigenvalue weighted by Gasteiger charge is 2.40. The highest BCUT2D eigenvalue weighted by atomic mass is 35.5. The van der Waals surface area contributed by atoms with Gasteiger partial charge in [0.15, 0.2) is 5.82 Å². The summed E-state index contributed by atoms with van der Waals surface area (Å²) in [4.78, 5) is 58.2. The van der Waals surface area contributed by atoms with Gasteiger partial charge in [-0.3, -0.25) is 19.5 Å². The van der Waals surface area contributed by atoms with Gasteiger partial charge in [0, 0.05) is 44.8 Å². The molecule has 2 fully saturated rings. The molecule has 0 unspecified atom stereocenters. The number of nitrogen functional groups attached to an aromatic ring is 1. The van der Waals surface area contributed by atoms with Crippen LogP contribution < -0.4 is 11.1 Å². The molecule has 2 aliphatic rings. The van der Waals surface area contributed by atoms with Crippen molar-refractivity contribution in [3.05, 3.63) is 58.6 Å². The molecule has 56 heavy (non-hydrogen) atoms. The summed E-state index contributed by atoms with van der Waals surface area (Å²) in [5.41, 5.74) is 4.31. The minimum Gasteiger partial charge on any atom is -0.475 e. The van der Waals surface area contributed by atoms with Gasteiger partial charge in [0.05, 0.1) is 28.0 Å². The number of aromatic amines is 1. The normalized spacial score (nSPS) is 15.6. The molecule has 300 valence electrons. The Morgan fingerprint density at radius 2 is 1.55 bits per heavy atom. The van der Waals surface area contributed by atoms with Gasteiger partial charge < -0.3 is 35.4 Å². The number of piperazine rings is 1. The van der Waals surface area contributed by atoms with Crippen LogP contribution in [0.3, 0.4) is 0 Å². The summed E-state index contributed by atoms with van der Waals surface area (Å²) in [6.07, 6.45) is -7.11. The second-order valence-corrected chi connectivity index (χ2v) is 13.2. The predicted molar refractivity (Wildman–Crippen MR) is 187 cm³/mol. The molecular weight excluding hydrogens is 780 g/mol. The molecule has 0 aliphatic carbocycles. The van der Waals surface area contributed by atoms with E-state index in [0.717, 1.165) is 32.1 Å². The van der Waals surface area contributed by atoms with E-state index in [4.69, 9.17) is 27.2 Å². The molecule has 2 saturated heterocycles. The minimum atomic E-state index is -5.08. The molecule has 1 aromatic carbocycles. The number of nitrogens with two attached hydrogens (primary N) is 1. The molecule has 2 aliphatic heterocycles. The van der Waals surface area contributed by atoms with Gasteiger partial charge in [-0.05, 0) is 63.3 Å². The number of carbonyl (C=O) groups excluding carboxylic acids is 3. The molecule has 0 spiro atoms. The van der Waals surface area contributed by atoms with Crippen LogP contribution in [-0.4, -0.2) is 126 Å². The molecular formula is C33H34ClF6N11O5. The Hall–Kier alpha value is -5.77. The minimum absolute atomic E-state index is 0.0120. The molecule has 3 aromatic heterocycles. The van der Waals surface area contributed by atoms with E-state index in [9.17, 15) is 40.7 Å². The van der Waals surface area contributed by atoms with Crippen molar-refractivity contribution in [2.24, 2.45) is 13.0 Å². The number of amides is 3. The molecule has 0 bridgehead atoms. The zero-order valence-electron chi connectivity index (χ0n) is 29.6. The number of piperidine rings is 1. The molecule has 5 heterocycles. The third kappa shape index (κ3) is 9.36. The van der Waals surface area contributed by atoms with Crippen LogP contribution in [0.4, 0.5) is 37.8 Å². The molecule has 3 amide bonds. The molecule has 0 atom stereocenters. The summed E-state index contributed by atoms with van der Waals surface area (Å²) in [6.45, 7) is 3.39. The van der Waals surface area contributed by atoms with E-state index >= 15 is 0 Å². The first-order valence-corrected chi connectivity index (χ1v) is 17.1. The summed E-state index contributed by atoms with van der Waals surface area (Å²) >= 11 is 6.49. The number of anilines is 2. The van der Waals surface area contributed by atoms with Crippen molar-refractivity contribution >= 4 is 46.8 Å². The Morgan fingerprint density at radius 3 is 2.11 bits per heavy atom. The lowest BCUT2D eigenvalue weighted by Crippen LogP contribution is -2.52. The SMILES string of the molecule is CN1CCC(C(=O)N2CCN(C(=O)c3ccc(NC(=O)c4ncc(-c5c(-c6ccc(N)nn6)n[nH]c5C(F)(F)F)n4C)cc3Cl)CC2)CC1.O=C(O)C(F)(F)F. The number of alkyl halides is 6. The number of hydrogen-bond acceptors (Lipinski definition) is 10. The van der Waals surface area contributed by atoms with Crippen molar-refractivity contribution < 1.29 is 50.6 Å². The smallest absolute Gasteiger partial charge is 0.475 e. The number of carbonyl (C=O) groups is 4. The topological polar surface area (TPSA) is 209 Å². The fraction of sp³-hybridized carbons (Fsp3) is 0.394. The molecule has 5 N–H and O–H groups in total. The highest BCUT2D eigenvalue weighted by Crippen LogP contribution is 2.40. The standard InChI is InChI=1S/C31H33ClF3N11O3.C2HF3O2/c1-43-9-7-17(8-10-43)29(48)45-11-13-46(14-12-45)30(49)19-4-3-18(15-20(19)32)38-28(47)27-37-16-22(44(27)2)24-25(21-5-6-23(36)40-39-21)41-42-26(24)31(33,34)35;3-2(4,5)1(6)7/h3-6,15-17H,7-14H2,1-2H3,(H2,36,40)(H,38,47)(H,41,42);(H,6,7). The van der Waals surface area contributed by atoms with Gasteiger partial charge in [-0.15, -0.1) is 10.2 Å². The van der Waals surface area contributed by atoms with Crippen LogP contribution in [0.5, 0.6) is 0 Å². The van der Waals surface area contributed by atoms with Gasteiger partial charge in [-0.25, -0.2) is 9.78 Å². The number of carboxylic acid groups (broad SMARTS) is 1. The quantitative estimate of drug-likeness (QED) is 0.204. The number of halogens is 7. The zero-order chi connectivity index (χ0) is 41.1. The Balaban J connectivity index is 0.000000784. The van der Waals surface area contributed by atoms with Crippen molar-refractivity contribution in [3.63, 3.8) is 0 Å². The van der Waals surface area contributed by atoms with E-state index in [2.05, 4.69) is 30.5 Å². The van der Waals surface area contributed by atoms with E-state index in [1.165, 1.54) is 41.9 Å². The van der Waals surface area contributed by atoms with Crippen LogP contribution in [0.25, 0.3) is 22.6 Å². The highest BCUT2D eigenvalue weighted by molar-refractivity contribution is 6.34. The van der Waals surface area contributed by atoms with Crippen LogP contribution in [-0.2, 0) is 22.8 Å². The number of rotatable bonds is 6. The number of carboxylic acids is 1. The van der Waals surface area contributed by atoms with Gasteiger partial charge in [0.1, 0.15) is 22.9 Å². The van der Waals surface area contributed by atoms with Crippen LogP contribution >= 0.6 is 11.6 Å². The molecule has 16 nitrogen and oxygen atoms in total. The fourth-order valence-electron chi connectivity index (χ4n) is 6.07. The first-order chi connectivity index (χ1) is 26.3. The van der Waals surface area contributed by atoms with Crippen molar-refractivity contribution in [2.45, 2.75) is 25.2 Å². The number of aromatic nitrogens is 6. The molecule has 4 aromatic rings. The maximum Gasteiger partial charge on any atom is 0.490 e. The number of hydrogen-bond donors (Lipinski definition) is 4. The van der Waals surface area contributed by atoms with Gasteiger partial charge in [0.25, 0.3) is 11.8 Å². The van der Waals surface area contributed by atoms with Crippen LogP contribution in [0.2, 0.25) is 5.02 Å². The van der Waals surface area contributed by atoms with E-state index < -0.39 is 29.9 Å². The maximum absolute atomic E-state index is 14.0. The number of benzene rings is 1. The molecule has 6 rings (SSSR count). The number of imidazole rings is 1. The van der Waals surface area contributed by atoms with Gasteiger partial charge in [-0.2, -0.15) is 31.4 Å². The summed E-state index contributed by atoms with van der Waals surface area (Å²) in [6, 6.07) is 7.15. The van der Waals surface area contributed by atoms with Gasteiger partial charge in [0.2, 0.25) is 5.91 Å². The summed E-state index contributed by atoms with van der Waals surface area (Å²) in [5, 5.41) is 23.2. The van der Waals surface area contributed by atoms with Crippen LogP contribution in [0.15, 0.2) is 36.5 Å². The molecule has 0 radical (unpaired) electrons. The molecule has 23 heteroatoms. The number of nitrogens with zero attached hydrogens (tertiary/aromatic N) is 8. The largest absolute Gasteiger partial charge is 0.490 e. The number of nitrogens with one attached hydrogen (secondary N) is 2. The van der Waals surface area contributed by atoms with Gasteiger partial charge in [-0.1, -0.05) is 11.6 Å². The van der Waals surface area contributed by atoms with Crippen molar-refractivity contribution in [2.75, 3.05) is 57.4 Å². The molecule has 0 saturated carbocycles. The number of H-pyrrole nitrogens is 1. The first-order valence-electron chi connectivity index (χ1n) is 16.7. The van der Waals surface area contributed by atoms with E-state index in [-0.39, 0.29) is 68.3 Å². The van der Waals surface area contributed by atoms with Crippen LogP contribution in [0, 0.1) is 5.92 Å². The monoisotopic (exact) mass is 813 g/mol. The lowest BCUT2D eigenvalue weighted by atomic mass is 9.95. The number of likely N-dealkylation sites (tertiary alicyclic amines) is 1. The maximum atomic E-state index is 14.0. The average Bonchev–Trinajstić information content (AvgIpc) is 3.75. The average molecular weight is 814 g/mol. The predicted octanol–water partition coefficient (Wildman–Crippen LogP) is 4.03. The van der Waals surface area contributed by atoms with Crippen molar-refractivity contribution in [1.29, 1.82) is 0 Å². The lowest BCUT2D eigenvalue weighted by molar-refractivity contribution is -0.192. The van der Waals surface area contributed by atoms with Gasteiger partial charge >= 0.3 is 18.3 Å². The number of aliphatic carboxylic acids is 1. The Labute approximate surface area is 318 Å². The summed E-state index contributed by atoms with van der Waals surface area (Å²) < 4.78 is 74.9. The first kappa shape index (κ1) is 41.4. The summed E-state index contributed by atoms with van der Waals surface area (Å²) in [7, 11) is 3.43. The Bertz CT molecular complexity index is 2090. The third-order valence-corrected chi connectivity index (χ3v) is 9.38.